The van der Waals surface area contributed by atoms with Crippen molar-refractivity contribution in [3.8, 4) is 0 Å². The second kappa shape index (κ2) is 16.3. The van der Waals surface area contributed by atoms with Gasteiger partial charge in [0.2, 0.25) is 5.85 Å². The Balaban J connectivity index is 1.23. The van der Waals surface area contributed by atoms with Gasteiger partial charge in [0.05, 0.1) is 41.4 Å². The molecule has 1 N–H and O–H groups in total. The number of halogens is 4. The second-order valence-electron chi connectivity index (χ2n) is 13.5. The van der Waals surface area contributed by atoms with E-state index in [-0.39, 0.29) is 67.3 Å². The van der Waals surface area contributed by atoms with Crippen LogP contribution in [0, 0.1) is 5.92 Å². The summed E-state index contributed by atoms with van der Waals surface area (Å²) in [6.45, 7) is 3.02. The number of Topliss-reactive ketones (excluding diaryl/α,β-unsaturated/α-hetero) is 1. The molecule has 3 aromatic rings. The predicted octanol–water partition coefficient (Wildman–Crippen LogP) is 6.99. The first-order chi connectivity index (χ1) is 24.5. The second-order valence-corrected chi connectivity index (χ2v) is 14.9. The fraction of sp³-hybridized carbons (Fsp3) is 0.541. The molecular weight excluding hydrogens is 705 g/mol. The first kappa shape index (κ1) is 37.7. The van der Waals surface area contributed by atoms with Crippen molar-refractivity contribution in [1.29, 1.82) is 0 Å². The van der Waals surface area contributed by atoms with Gasteiger partial charge in [-0.3, -0.25) is 29.1 Å². The number of likely N-dealkylation sites (tertiary alicyclic amines) is 1. The Hall–Kier alpha value is -3.07. The molecule has 276 valence electrons. The molecule has 1 unspecified atom stereocenters. The van der Waals surface area contributed by atoms with E-state index in [9.17, 15) is 27.6 Å². The smallest absolute Gasteiger partial charge is 0.401 e. The minimum Gasteiger partial charge on any atom is -0.466 e. The normalized spacial score (nSPS) is 22.1. The van der Waals surface area contributed by atoms with Crippen molar-refractivity contribution in [1.82, 2.24) is 14.7 Å². The number of hydrogen-bond donors (Lipinski definition) is 1. The standard InChI is InChI=1S/C37H44ClF3N4O5S/c1-2-49-35(48)26-10-12-27(13-11-26)50-37(44-15-5-6-16-44,45-19-17-43(18-20-45)24-36(39,40)41)33(46)22-25-9-14-31(30(38)21-25)42-34(47)29-23-51-32-8-4-3-7-28(29)32/h3-4,7-9,14,21,23,26-27H,2,5-6,10-13,15-20,22,24H2,1H3,(H,42,47). The van der Waals surface area contributed by atoms with E-state index in [1.165, 1.54) is 16.2 Å². The lowest BCUT2D eigenvalue weighted by Gasteiger charge is -2.52. The van der Waals surface area contributed by atoms with Crippen molar-refractivity contribution in [3.63, 3.8) is 0 Å². The first-order valence-electron chi connectivity index (χ1n) is 17.7. The molecular formula is C37H44ClF3N4O5S. The lowest BCUT2D eigenvalue weighted by Crippen LogP contribution is -2.71. The largest absolute Gasteiger partial charge is 0.466 e. The van der Waals surface area contributed by atoms with Crippen molar-refractivity contribution < 1.29 is 37.0 Å². The average molecular weight is 749 g/mol. The zero-order valence-corrected chi connectivity index (χ0v) is 30.3. The van der Waals surface area contributed by atoms with Crippen molar-refractivity contribution in [3.05, 3.63) is 64.0 Å². The van der Waals surface area contributed by atoms with Crippen LogP contribution in [0.5, 0.6) is 0 Å². The Labute approximate surface area is 305 Å². The molecule has 2 aliphatic heterocycles. The minimum absolute atomic E-state index is 0.0411. The van der Waals surface area contributed by atoms with Crippen molar-refractivity contribution in [2.75, 3.05) is 57.7 Å². The highest BCUT2D eigenvalue weighted by Gasteiger charge is 2.53. The highest BCUT2D eigenvalue weighted by atomic mass is 35.5. The molecule has 1 saturated carbocycles. The minimum atomic E-state index is -4.32. The van der Waals surface area contributed by atoms with Gasteiger partial charge >= 0.3 is 12.1 Å². The number of carbonyl (C=O) groups is 3. The number of thiophene rings is 1. The topological polar surface area (TPSA) is 91.4 Å². The van der Waals surface area contributed by atoms with E-state index in [4.69, 9.17) is 21.1 Å². The van der Waals surface area contributed by atoms with Crippen molar-refractivity contribution in [2.24, 2.45) is 5.92 Å². The number of benzene rings is 2. The van der Waals surface area contributed by atoms with Gasteiger partial charge in [0.1, 0.15) is 0 Å². The van der Waals surface area contributed by atoms with Crippen LogP contribution in [0.2, 0.25) is 5.02 Å². The number of rotatable bonds is 12. The molecule has 3 fully saturated rings. The number of fused-ring (bicyclic) bond motifs is 1. The molecule has 1 atom stereocenters. The number of nitrogens with one attached hydrogen (secondary N) is 1. The van der Waals surface area contributed by atoms with E-state index in [1.807, 2.05) is 39.4 Å². The lowest BCUT2D eigenvalue weighted by molar-refractivity contribution is -0.262. The molecule has 3 aliphatic rings. The molecule has 0 radical (unpaired) electrons. The Morgan fingerprint density at radius 2 is 1.63 bits per heavy atom. The summed E-state index contributed by atoms with van der Waals surface area (Å²) in [6.07, 6.45) is -0.721. The van der Waals surface area contributed by atoms with E-state index in [0.29, 0.717) is 62.2 Å². The number of hydrogen-bond acceptors (Lipinski definition) is 9. The zero-order chi connectivity index (χ0) is 36.2. The van der Waals surface area contributed by atoms with Crippen molar-refractivity contribution >= 4 is 56.4 Å². The van der Waals surface area contributed by atoms with Gasteiger partial charge in [0, 0.05) is 61.2 Å². The molecule has 1 amide bonds. The van der Waals surface area contributed by atoms with Crippen LogP contribution in [0.3, 0.4) is 0 Å². The van der Waals surface area contributed by atoms with Crippen LogP contribution in [0.1, 0.15) is 61.4 Å². The summed E-state index contributed by atoms with van der Waals surface area (Å²) in [6, 6.07) is 12.8. The number of ether oxygens (including phenoxy) is 2. The maximum atomic E-state index is 14.8. The third-order valence-electron chi connectivity index (χ3n) is 10.1. The van der Waals surface area contributed by atoms with E-state index in [0.717, 1.165) is 22.9 Å². The fourth-order valence-corrected chi connectivity index (χ4v) is 8.76. The summed E-state index contributed by atoms with van der Waals surface area (Å²) in [5, 5.41) is 5.84. The summed E-state index contributed by atoms with van der Waals surface area (Å²) in [7, 11) is 0. The summed E-state index contributed by atoms with van der Waals surface area (Å²) in [5.74, 6) is -2.46. The molecule has 1 aliphatic carbocycles. The first-order valence-corrected chi connectivity index (χ1v) is 19.0. The molecule has 3 heterocycles. The molecule has 0 spiro atoms. The number of piperazine rings is 1. The average Bonchev–Trinajstić information content (AvgIpc) is 3.80. The monoisotopic (exact) mass is 748 g/mol. The quantitative estimate of drug-likeness (QED) is 0.199. The third-order valence-corrected chi connectivity index (χ3v) is 11.4. The Kier molecular flexibility index (Phi) is 12.0. The van der Waals surface area contributed by atoms with Crippen molar-refractivity contribution in [2.45, 2.75) is 70.0 Å². The number of anilines is 1. The van der Waals surface area contributed by atoms with E-state index in [2.05, 4.69) is 5.32 Å². The Morgan fingerprint density at radius 3 is 2.29 bits per heavy atom. The molecule has 1 aromatic heterocycles. The molecule has 9 nitrogen and oxygen atoms in total. The van der Waals surface area contributed by atoms with Gasteiger partial charge in [0.15, 0.2) is 5.78 Å². The van der Waals surface area contributed by atoms with Crippen LogP contribution in [0.4, 0.5) is 18.9 Å². The molecule has 6 rings (SSSR count). The highest BCUT2D eigenvalue weighted by Crippen LogP contribution is 2.37. The van der Waals surface area contributed by atoms with Crippen LogP contribution < -0.4 is 5.32 Å². The highest BCUT2D eigenvalue weighted by molar-refractivity contribution is 7.17. The fourth-order valence-electron chi connectivity index (χ4n) is 7.57. The molecule has 51 heavy (non-hydrogen) atoms. The predicted molar refractivity (Wildman–Crippen MR) is 191 cm³/mol. The van der Waals surface area contributed by atoms with Gasteiger partial charge in [-0.1, -0.05) is 35.9 Å². The maximum absolute atomic E-state index is 14.8. The number of alkyl halides is 3. The number of nitrogens with zero attached hydrogens (tertiary/aromatic N) is 3. The summed E-state index contributed by atoms with van der Waals surface area (Å²) in [5.41, 5.74) is 1.58. The SMILES string of the molecule is CCOC(=O)C1CCC(OC(C(=O)Cc2ccc(NC(=O)c3csc4ccccc34)c(Cl)c2)(N2CCCC2)N2CCN(CC(F)(F)F)CC2)CC1. The molecule has 2 aromatic carbocycles. The van der Waals surface area contributed by atoms with E-state index in [1.54, 1.807) is 25.1 Å². The van der Waals surface area contributed by atoms with Gasteiger partial charge in [-0.2, -0.15) is 13.2 Å². The number of esters is 1. The summed E-state index contributed by atoms with van der Waals surface area (Å²) in [4.78, 5) is 45.8. The molecule has 14 heteroatoms. The van der Waals surface area contributed by atoms with Gasteiger partial charge in [-0.15, -0.1) is 11.3 Å². The van der Waals surface area contributed by atoms with Crippen LogP contribution in [-0.2, 0) is 25.5 Å². The summed E-state index contributed by atoms with van der Waals surface area (Å²) >= 11 is 8.19. The Bertz CT molecular complexity index is 1700. The van der Waals surface area contributed by atoms with Crippen LogP contribution in [0.15, 0.2) is 47.8 Å². The maximum Gasteiger partial charge on any atom is 0.401 e. The van der Waals surface area contributed by atoms with E-state index < -0.39 is 18.6 Å². The zero-order valence-electron chi connectivity index (χ0n) is 28.7. The summed E-state index contributed by atoms with van der Waals surface area (Å²) < 4.78 is 53.1. The number of ketones is 1. The number of amides is 1. The van der Waals surface area contributed by atoms with E-state index >= 15 is 0 Å². The van der Waals surface area contributed by atoms with Gasteiger partial charge in [-0.25, -0.2) is 0 Å². The van der Waals surface area contributed by atoms with Crippen LogP contribution in [0.25, 0.3) is 10.1 Å². The Morgan fingerprint density at radius 1 is 0.941 bits per heavy atom. The molecule has 2 saturated heterocycles. The molecule has 0 bridgehead atoms. The number of carbonyl (C=O) groups excluding carboxylic acids is 3. The third kappa shape index (κ3) is 8.77. The van der Waals surface area contributed by atoms with Gasteiger partial charge < -0.3 is 14.8 Å². The van der Waals surface area contributed by atoms with Crippen LogP contribution in [-0.4, -0.2) is 103 Å². The van der Waals surface area contributed by atoms with Gasteiger partial charge in [-0.05, 0) is 69.2 Å². The van der Waals surface area contributed by atoms with Crippen LogP contribution >= 0.6 is 22.9 Å². The van der Waals surface area contributed by atoms with Gasteiger partial charge in [0.25, 0.3) is 5.91 Å². The lowest BCUT2D eigenvalue weighted by atomic mass is 9.87.